The summed E-state index contributed by atoms with van der Waals surface area (Å²) in [6, 6.07) is 13.2. The number of benzene rings is 2. The van der Waals surface area contributed by atoms with Crippen LogP contribution in [0.25, 0.3) is 22.2 Å². The van der Waals surface area contributed by atoms with E-state index in [1.807, 2.05) is 30.3 Å². The molecule has 6 nitrogen and oxygen atoms in total. The highest BCUT2D eigenvalue weighted by atomic mass is 19.1. The molecule has 2 aromatic carbocycles. The smallest absolute Gasteiger partial charge is 0.411 e. The Labute approximate surface area is 163 Å². The van der Waals surface area contributed by atoms with Gasteiger partial charge in [0.05, 0.1) is 24.0 Å². The highest BCUT2D eigenvalue weighted by Crippen LogP contribution is 2.38. The van der Waals surface area contributed by atoms with Crippen LogP contribution in [0.15, 0.2) is 42.5 Å². The number of halogens is 1. The third-order valence-corrected chi connectivity index (χ3v) is 4.47. The van der Waals surface area contributed by atoms with E-state index in [2.05, 4.69) is 21.5 Å². The number of carbonyl (C=O) groups excluding carboxylic acids is 1. The van der Waals surface area contributed by atoms with Crippen molar-refractivity contribution in [3.05, 3.63) is 42.5 Å². The fourth-order valence-electron chi connectivity index (χ4n) is 3.25. The molecule has 148 valence electrons. The third-order valence-electron chi connectivity index (χ3n) is 4.47. The van der Waals surface area contributed by atoms with Crippen molar-refractivity contribution in [2.24, 2.45) is 0 Å². The first-order valence-electron chi connectivity index (χ1n) is 9.15. The molecular formula is C21H24FN3O3. The minimum Gasteiger partial charge on any atom is -0.497 e. The van der Waals surface area contributed by atoms with Crippen LogP contribution in [0.1, 0.15) is 13.3 Å². The molecule has 0 saturated carbocycles. The number of rotatable bonds is 7. The summed E-state index contributed by atoms with van der Waals surface area (Å²) in [7, 11) is 1.64. The van der Waals surface area contributed by atoms with Gasteiger partial charge in [0, 0.05) is 29.2 Å². The summed E-state index contributed by atoms with van der Waals surface area (Å²) in [5, 5.41) is 3.54. The van der Waals surface area contributed by atoms with Crippen molar-refractivity contribution in [3.63, 3.8) is 0 Å². The van der Waals surface area contributed by atoms with Crippen molar-refractivity contribution >= 4 is 28.4 Å². The van der Waals surface area contributed by atoms with Crippen LogP contribution in [-0.4, -0.2) is 31.1 Å². The van der Waals surface area contributed by atoms with E-state index in [4.69, 9.17) is 10.5 Å². The van der Waals surface area contributed by atoms with Crippen LogP contribution in [0.5, 0.6) is 5.75 Å². The number of nitrogens with zero attached hydrogens (tertiary/aromatic N) is 1. The van der Waals surface area contributed by atoms with Crippen LogP contribution in [-0.2, 0) is 11.3 Å². The fourth-order valence-corrected chi connectivity index (χ4v) is 3.25. The molecule has 0 fully saturated rings. The van der Waals surface area contributed by atoms with Gasteiger partial charge in [0.1, 0.15) is 19.0 Å². The molecule has 3 aromatic rings. The molecule has 0 aliphatic rings. The number of hydrogen-bond donors (Lipinski definition) is 2. The van der Waals surface area contributed by atoms with Gasteiger partial charge < -0.3 is 19.8 Å². The second-order valence-electron chi connectivity index (χ2n) is 6.32. The van der Waals surface area contributed by atoms with E-state index in [1.54, 1.807) is 19.2 Å². The topological polar surface area (TPSA) is 78.5 Å². The number of ether oxygens (including phenoxy) is 2. The number of aromatic nitrogens is 1. The van der Waals surface area contributed by atoms with Crippen molar-refractivity contribution in [3.8, 4) is 17.0 Å². The van der Waals surface area contributed by atoms with Gasteiger partial charge in [-0.3, -0.25) is 5.32 Å². The molecule has 0 saturated heterocycles. The Bertz CT molecular complexity index is 967. The average Bonchev–Trinajstić information content (AvgIpc) is 2.98. The van der Waals surface area contributed by atoms with Gasteiger partial charge in [0.25, 0.3) is 0 Å². The molecular weight excluding hydrogens is 361 g/mol. The number of anilines is 2. The Morgan fingerprint density at radius 1 is 1.21 bits per heavy atom. The predicted molar refractivity (Wildman–Crippen MR) is 110 cm³/mol. The monoisotopic (exact) mass is 385 g/mol. The second-order valence-corrected chi connectivity index (χ2v) is 6.32. The van der Waals surface area contributed by atoms with Gasteiger partial charge in [-0.05, 0) is 30.7 Å². The quantitative estimate of drug-likeness (QED) is 0.611. The Morgan fingerprint density at radius 2 is 1.96 bits per heavy atom. The van der Waals surface area contributed by atoms with E-state index in [9.17, 15) is 9.18 Å². The highest BCUT2D eigenvalue weighted by molar-refractivity contribution is 6.01. The van der Waals surface area contributed by atoms with Gasteiger partial charge in [-0.25, -0.2) is 9.18 Å². The number of aryl methyl sites for hydroxylation is 1. The summed E-state index contributed by atoms with van der Waals surface area (Å²) in [6.45, 7) is 1.95. The largest absolute Gasteiger partial charge is 0.497 e. The number of alkyl halides is 1. The van der Waals surface area contributed by atoms with E-state index < -0.39 is 12.8 Å². The highest BCUT2D eigenvalue weighted by Gasteiger charge is 2.17. The second kappa shape index (κ2) is 8.65. The Balaban J connectivity index is 1.97. The SMILES string of the molecule is CCCn1c(-c2ccc(NC(=O)OCCF)cc2)c(N)c2ccc(OC)cc21. The molecule has 0 unspecified atom stereocenters. The van der Waals surface area contributed by atoms with Crippen molar-refractivity contribution in [2.45, 2.75) is 19.9 Å². The normalized spacial score (nSPS) is 10.8. The lowest BCUT2D eigenvalue weighted by atomic mass is 10.1. The van der Waals surface area contributed by atoms with Gasteiger partial charge in [0.15, 0.2) is 0 Å². The van der Waals surface area contributed by atoms with Crippen molar-refractivity contribution in [2.75, 3.05) is 31.4 Å². The van der Waals surface area contributed by atoms with Gasteiger partial charge >= 0.3 is 6.09 Å². The summed E-state index contributed by atoms with van der Waals surface area (Å²) in [5.41, 5.74) is 10.6. The molecule has 3 N–H and O–H groups in total. The van der Waals surface area contributed by atoms with Crippen molar-refractivity contribution in [1.29, 1.82) is 0 Å². The number of amides is 1. The number of nitrogens with one attached hydrogen (secondary N) is 1. The standard InChI is InChI=1S/C21H24FN3O3/c1-3-11-25-18-13-16(27-2)8-9-17(18)19(23)20(25)14-4-6-15(7-5-14)24-21(26)28-12-10-22/h4-9,13H,3,10-12,23H2,1-2H3,(H,24,26). The lowest BCUT2D eigenvalue weighted by molar-refractivity contribution is 0.152. The first kappa shape index (κ1) is 19.5. The van der Waals surface area contributed by atoms with Gasteiger partial charge in [-0.15, -0.1) is 0 Å². The van der Waals surface area contributed by atoms with E-state index in [-0.39, 0.29) is 6.61 Å². The van der Waals surface area contributed by atoms with E-state index >= 15 is 0 Å². The van der Waals surface area contributed by atoms with Gasteiger partial charge in [0.2, 0.25) is 0 Å². The first-order valence-corrected chi connectivity index (χ1v) is 9.15. The molecule has 1 heterocycles. The number of fused-ring (bicyclic) bond motifs is 1. The van der Waals surface area contributed by atoms with Crippen LogP contribution in [0, 0.1) is 0 Å². The van der Waals surface area contributed by atoms with Crippen LogP contribution < -0.4 is 15.8 Å². The number of nitrogen functional groups attached to an aromatic ring is 1. The van der Waals surface area contributed by atoms with Crippen molar-refractivity contribution in [1.82, 2.24) is 4.57 Å². The molecule has 1 amide bonds. The fraction of sp³-hybridized carbons (Fsp3) is 0.286. The Kier molecular flexibility index (Phi) is 6.03. The molecule has 0 spiro atoms. The van der Waals surface area contributed by atoms with E-state index in [0.29, 0.717) is 11.4 Å². The lowest BCUT2D eigenvalue weighted by Crippen LogP contribution is -2.14. The Morgan fingerprint density at radius 3 is 2.61 bits per heavy atom. The third kappa shape index (κ3) is 3.88. The zero-order valence-corrected chi connectivity index (χ0v) is 16.0. The Hall–Kier alpha value is -3.22. The summed E-state index contributed by atoms with van der Waals surface area (Å²) < 4.78 is 24.3. The molecule has 0 aliphatic heterocycles. The summed E-state index contributed by atoms with van der Waals surface area (Å²) in [6.07, 6.45) is 0.269. The summed E-state index contributed by atoms with van der Waals surface area (Å²) >= 11 is 0. The number of methoxy groups -OCH3 is 1. The minimum absolute atomic E-state index is 0.263. The molecule has 3 rings (SSSR count). The predicted octanol–water partition coefficient (Wildman–Crippen LogP) is 4.83. The van der Waals surface area contributed by atoms with Crippen LogP contribution in [0.4, 0.5) is 20.6 Å². The molecule has 0 radical (unpaired) electrons. The maximum Gasteiger partial charge on any atom is 0.411 e. The molecule has 1 aromatic heterocycles. The van der Waals surface area contributed by atoms with Crippen LogP contribution in [0.3, 0.4) is 0 Å². The zero-order valence-electron chi connectivity index (χ0n) is 16.0. The molecule has 0 atom stereocenters. The van der Waals surface area contributed by atoms with E-state index in [1.165, 1.54) is 0 Å². The van der Waals surface area contributed by atoms with Crippen LogP contribution in [0.2, 0.25) is 0 Å². The lowest BCUT2D eigenvalue weighted by Gasteiger charge is -2.12. The van der Waals surface area contributed by atoms with Gasteiger partial charge in [-0.2, -0.15) is 0 Å². The number of carbonyl (C=O) groups is 1. The molecule has 7 heteroatoms. The molecule has 0 bridgehead atoms. The average molecular weight is 385 g/mol. The van der Waals surface area contributed by atoms with Crippen molar-refractivity contribution < 1.29 is 18.7 Å². The number of nitrogens with two attached hydrogens (primary N) is 1. The summed E-state index contributed by atoms with van der Waals surface area (Å²) in [5.74, 6) is 0.778. The first-order chi connectivity index (χ1) is 13.6. The molecule has 28 heavy (non-hydrogen) atoms. The van der Waals surface area contributed by atoms with Gasteiger partial charge in [-0.1, -0.05) is 19.1 Å². The maximum absolute atomic E-state index is 12.1. The maximum atomic E-state index is 12.1. The summed E-state index contributed by atoms with van der Waals surface area (Å²) in [4.78, 5) is 11.6. The molecule has 0 aliphatic carbocycles. The van der Waals surface area contributed by atoms with Crippen LogP contribution >= 0.6 is 0 Å². The van der Waals surface area contributed by atoms with E-state index in [0.717, 1.165) is 40.9 Å². The minimum atomic E-state index is -0.710. The number of hydrogen-bond acceptors (Lipinski definition) is 4. The zero-order chi connectivity index (χ0) is 20.1.